The van der Waals surface area contributed by atoms with E-state index in [-0.39, 0.29) is 10.7 Å². The summed E-state index contributed by atoms with van der Waals surface area (Å²) in [5, 5.41) is 0. The van der Waals surface area contributed by atoms with E-state index in [0.717, 1.165) is 12.7 Å². The van der Waals surface area contributed by atoms with Crippen molar-refractivity contribution in [2.45, 2.75) is 11.8 Å². The maximum Gasteiger partial charge on any atom is 0.420 e. The molecule has 0 saturated heterocycles. The van der Waals surface area contributed by atoms with Crippen molar-refractivity contribution < 1.29 is 22.7 Å². The van der Waals surface area contributed by atoms with Crippen LogP contribution in [0.5, 0.6) is 0 Å². The van der Waals surface area contributed by atoms with E-state index in [4.69, 9.17) is 0 Å². The number of carbonyl (C=O) groups is 2. The number of Topliss-reactive ketones (excluding diaryl/α,β-unsaturated/α-hetero) is 1. The van der Waals surface area contributed by atoms with E-state index >= 15 is 0 Å². The number of hydrogen-bond acceptors (Lipinski definition) is 5. The molecule has 1 N–H and O–H groups in total. The molecule has 0 aromatic heterocycles. The molecule has 8 heteroatoms. The normalized spacial score (nSPS) is 12.9. The lowest BCUT2D eigenvalue weighted by Gasteiger charge is -2.13. The summed E-state index contributed by atoms with van der Waals surface area (Å²) in [6.45, 7) is 1.80. The summed E-state index contributed by atoms with van der Waals surface area (Å²) in [5.41, 5.74) is 2.89. The van der Waals surface area contributed by atoms with Crippen LogP contribution in [0.1, 0.15) is 15.9 Å². The number of ether oxygens (including phenoxy) is 1. The van der Waals surface area contributed by atoms with Crippen molar-refractivity contribution in [1.29, 1.82) is 0 Å². The molecule has 6 nitrogen and oxygen atoms in total. The number of sulfonamides is 1. The number of hydrogen-bond donors (Lipinski definition) is 1. The van der Waals surface area contributed by atoms with Gasteiger partial charge in [0.15, 0.2) is 13.1 Å². The maximum absolute atomic E-state index is 12.6. The fraction of sp³-hybridized carbons (Fsp3) is 0.100. The first-order chi connectivity index (χ1) is 13.3. The molecule has 0 aliphatic carbocycles. The van der Waals surface area contributed by atoms with E-state index in [1.165, 1.54) is 6.07 Å². The minimum absolute atomic E-state index is 0.0603. The third-order valence-corrected chi connectivity index (χ3v) is 5.66. The minimum Gasteiger partial charge on any atom is -0.452 e. The van der Waals surface area contributed by atoms with Crippen molar-refractivity contribution in [3.05, 3.63) is 77.2 Å². The zero-order valence-corrected chi connectivity index (χ0v) is 16.1. The van der Waals surface area contributed by atoms with Crippen molar-refractivity contribution >= 4 is 29.2 Å². The number of ketones is 1. The second-order valence-electron chi connectivity index (χ2n) is 6.13. The van der Waals surface area contributed by atoms with Gasteiger partial charge >= 0.3 is 6.09 Å². The van der Waals surface area contributed by atoms with Gasteiger partial charge in [-0.05, 0) is 29.6 Å². The first-order valence-corrected chi connectivity index (χ1v) is 9.89. The van der Waals surface area contributed by atoms with Gasteiger partial charge in [-0.2, -0.15) is 0 Å². The van der Waals surface area contributed by atoms with Gasteiger partial charge in [-0.15, -0.1) is 5.98 Å². The topological polar surface area (TPSA) is 89.5 Å². The molecule has 0 fully saturated rings. The summed E-state index contributed by atoms with van der Waals surface area (Å²) in [5.74, 6) is 1.70. The smallest absolute Gasteiger partial charge is 0.420 e. The van der Waals surface area contributed by atoms with Crippen molar-refractivity contribution in [3.8, 4) is 11.1 Å². The van der Waals surface area contributed by atoms with Gasteiger partial charge in [-0.3, -0.25) is 4.79 Å². The molecule has 0 bridgehead atoms. The van der Waals surface area contributed by atoms with E-state index in [1.54, 1.807) is 68.7 Å². The van der Waals surface area contributed by atoms with Crippen LogP contribution in [0.2, 0.25) is 0 Å². The van der Waals surface area contributed by atoms with Gasteiger partial charge in [-0.25, -0.2) is 17.9 Å². The summed E-state index contributed by atoms with van der Waals surface area (Å²) >= 11 is 0. The number of aryl methyl sites for hydroxylation is 1. The van der Waals surface area contributed by atoms with Crippen molar-refractivity contribution in [1.82, 2.24) is 4.72 Å². The van der Waals surface area contributed by atoms with Gasteiger partial charge < -0.3 is 4.74 Å². The zero-order valence-electron chi connectivity index (χ0n) is 15.3. The second-order valence-corrected chi connectivity index (χ2v) is 7.78. The van der Waals surface area contributed by atoms with Crippen LogP contribution in [0.25, 0.3) is 11.1 Å². The summed E-state index contributed by atoms with van der Waals surface area (Å²) in [7, 11) is -1.28. The lowest BCUT2D eigenvalue weighted by atomic mass is 9.69. The number of benzene rings is 2. The van der Waals surface area contributed by atoms with E-state index < -0.39 is 16.1 Å². The SMILES string of the molecule is COC(=O)NS(=O)(=O)c1ccccc1-c1ccc(C(=O)C2=CC=C[B]2)c(C)c1. The lowest BCUT2D eigenvalue weighted by molar-refractivity contribution is 0.104. The zero-order chi connectivity index (χ0) is 20.3. The Balaban J connectivity index is 2.00. The van der Waals surface area contributed by atoms with Crippen molar-refractivity contribution in [3.63, 3.8) is 0 Å². The second kappa shape index (κ2) is 7.86. The third-order valence-electron chi connectivity index (χ3n) is 4.29. The van der Waals surface area contributed by atoms with Gasteiger partial charge in [0.05, 0.1) is 12.0 Å². The molecule has 1 aliphatic rings. The predicted molar refractivity (Wildman–Crippen MR) is 107 cm³/mol. The van der Waals surface area contributed by atoms with E-state index in [9.17, 15) is 18.0 Å². The van der Waals surface area contributed by atoms with E-state index in [0.29, 0.717) is 22.2 Å². The predicted octanol–water partition coefficient (Wildman–Crippen LogP) is 3.00. The number of methoxy groups -OCH3 is 1. The molecule has 2 aromatic carbocycles. The highest BCUT2D eigenvalue weighted by molar-refractivity contribution is 7.90. The van der Waals surface area contributed by atoms with Gasteiger partial charge in [0, 0.05) is 11.1 Å². The van der Waals surface area contributed by atoms with E-state index in [1.807, 2.05) is 4.72 Å². The third kappa shape index (κ3) is 3.92. The molecule has 0 spiro atoms. The van der Waals surface area contributed by atoms with Crippen molar-refractivity contribution in [2.24, 2.45) is 0 Å². The highest BCUT2D eigenvalue weighted by Crippen LogP contribution is 2.29. The Hall–Kier alpha value is -3.13. The summed E-state index contributed by atoms with van der Waals surface area (Å²) in [6.07, 6.45) is 2.48. The van der Waals surface area contributed by atoms with Crippen LogP contribution in [-0.2, 0) is 14.8 Å². The number of allylic oxidation sites excluding steroid dienone is 3. The molecule has 1 radical (unpaired) electrons. The first-order valence-electron chi connectivity index (χ1n) is 8.40. The average molecular weight is 394 g/mol. The molecule has 28 heavy (non-hydrogen) atoms. The fourth-order valence-electron chi connectivity index (χ4n) is 2.91. The minimum atomic E-state index is -4.12. The van der Waals surface area contributed by atoms with Crippen LogP contribution >= 0.6 is 0 Å². The number of nitrogens with one attached hydrogen (secondary N) is 1. The summed E-state index contributed by atoms with van der Waals surface area (Å²) < 4.78 is 31.3. The summed E-state index contributed by atoms with van der Waals surface area (Å²) in [4.78, 5) is 23.9. The Bertz CT molecular complexity index is 1120. The molecule has 3 rings (SSSR count). The highest BCUT2D eigenvalue weighted by atomic mass is 32.2. The van der Waals surface area contributed by atoms with Crippen LogP contribution in [0.3, 0.4) is 0 Å². The fourth-order valence-corrected chi connectivity index (χ4v) is 4.06. The molecular formula is C20H17BNO5S. The molecular weight excluding hydrogens is 377 g/mol. The maximum atomic E-state index is 12.6. The summed E-state index contributed by atoms with van der Waals surface area (Å²) in [6, 6.07) is 11.4. The van der Waals surface area contributed by atoms with Crippen LogP contribution in [0.4, 0.5) is 4.79 Å². The largest absolute Gasteiger partial charge is 0.452 e. The van der Waals surface area contributed by atoms with Crippen LogP contribution in [-0.4, -0.2) is 34.7 Å². The van der Waals surface area contributed by atoms with Gasteiger partial charge in [0.25, 0.3) is 10.0 Å². The highest BCUT2D eigenvalue weighted by Gasteiger charge is 2.23. The molecule has 0 saturated carbocycles. The quantitative estimate of drug-likeness (QED) is 0.622. The number of amides is 1. The Morgan fingerprint density at radius 2 is 1.86 bits per heavy atom. The average Bonchev–Trinajstić information content (AvgIpc) is 3.22. The Morgan fingerprint density at radius 3 is 2.50 bits per heavy atom. The van der Waals surface area contributed by atoms with Gasteiger partial charge in [-0.1, -0.05) is 48.6 Å². The van der Waals surface area contributed by atoms with E-state index in [2.05, 4.69) is 4.74 Å². The Labute approximate surface area is 164 Å². The molecule has 1 heterocycles. The standard InChI is InChI=1S/C20H17BNO5S/c1-13-12-14(9-10-15(13)19(23)17-7-5-11-21-17)16-6-3-4-8-18(16)28(25,26)22-20(24)27-2/h3-12H,1-2H3,(H,22,24). The van der Waals surface area contributed by atoms with Gasteiger partial charge in [0.1, 0.15) is 0 Å². The number of carbonyl (C=O) groups excluding carboxylic acids is 2. The molecule has 2 aromatic rings. The van der Waals surface area contributed by atoms with Crippen LogP contribution < -0.4 is 4.72 Å². The molecule has 0 atom stereocenters. The number of rotatable bonds is 5. The monoisotopic (exact) mass is 394 g/mol. The lowest BCUT2D eigenvalue weighted by Crippen LogP contribution is -2.30. The molecule has 0 unspecified atom stereocenters. The molecule has 1 amide bonds. The van der Waals surface area contributed by atoms with Crippen molar-refractivity contribution in [2.75, 3.05) is 7.11 Å². The molecule has 1 aliphatic heterocycles. The Kier molecular flexibility index (Phi) is 5.51. The molecule has 141 valence electrons. The van der Waals surface area contributed by atoms with Crippen LogP contribution in [0, 0.1) is 6.92 Å². The van der Waals surface area contributed by atoms with Gasteiger partial charge in [0.2, 0.25) is 0 Å². The Morgan fingerprint density at radius 1 is 1.11 bits per heavy atom. The first kappa shape index (κ1) is 19.6. The van der Waals surface area contributed by atoms with Crippen LogP contribution in [0.15, 0.2) is 71.0 Å².